The van der Waals surface area contributed by atoms with Crippen LogP contribution in [0.3, 0.4) is 0 Å². The number of unbranched alkanes of at least 4 members (excludes halogenated alkanes) is 44. The van der Waals surface area contributed by atoms with E-state index in [1.807, 2.05) is 0 Å². The highest BCUT2D eigenvalue weighted by Gasteiger charge is 2.20. The minimum absolute atomic E-state index is 0.00237. The second-order valence-electron chi connectivity index (χ2n) is 21.7. The molecule has 0 aromatic heterocycles. The van der Waals surface area contributed by atoms with E-state index in [0.29, 0.717) is 25.9 Å². The zero-order valence-corrected chi connectivity index (χ0v) is 47.3. The fourth-order valence-corrected chi connectivity index (χ4v) is 9.91. The van der Waals surface area contributed by atoms with E-state index in [1.54, 1.807) is 0 Å². The molecule has 414 valence electrons. The minimum atomic E-state index is -0.666. The topological polar surface area (TPSA) is 95.9 Å². The molecule has 0 rings (SSSR count). The number of hydrogen-bond donors (Lipinski definition) is 3. The largest absolute Gasteiger partial charge is 0.466 e. The summed E-state index contributed by atoms with van der Waals surface area (Å²) in [6, 6.07) is -0.544. The maximum Gasteiger partial charge on any atom is 0.305 e. The van der Waals surface area contributed by atoms with E-state index in [-0.39, 0.29) is 18.5 Å². The number of carbonyl (C=O) groups excluding carboxylic acids is 2. The summed E-state index contributed by atoms with van der Waals surface area (Å²) in [5.74, 6) is -0.0332. The number of hydrogen-bond acceptors (Lipinski definition) is 5. The molecule has 0 saturated heterocycles. The molecule has 2 unspecified atom stereocenters. The summed E-state index contributed by atoms with van der Waals surface area (Å²) in [5.41, 5.74) is 0. The molecule has 0 aliphatic rings. The number of nitrogens with one attached hydrogen (secondary N) is 1. The van der Waals surface area contributed by atoms with Gasteiger partial charge in [-0.3, -0.25) is 9.59 Å². The summed E-state index contributed by atoms with van der Waals surface area (Å²) in [4.78, 5) is 24.6. The summed E-state index contributed by atoms with van der Waals surface area (Å²) in [7, 11) is 0. The van der Waals surface area contributed by atoms with Crippen LogP contribution in [0.1, 0.15) is 348 Å². The number of ether oxygens (including phenoxy) is 1. The van der Waals surface area contributed by atoms with Crippen molar-refractivity contribution in [2.24, 2.45) is 0 Å². The van der Waals surface area contributed by atoms with Gasteiger partial charge in [0.1, 0.15) is 0 Å². The lowest BCUT2D eigenvalue weighted by atomic mass is 10.0. The standard InChI is InChI=1S/C64H123NO5/c1-3-5-7-9-11-13-15-17-19-21-26-30-34-38-42-46-50-54-58-64(69)70-59-55-51-47-43-39-35-31-27-24-22-23-25-29-33-37-41-45-49-53-57-63(68)65-61(60-66)62(67)56-52-48-44-40-36-32-28-20-18-16-14-12-10-8-6-4-2/h13,15,19,21,61-62,66-67H,3-12,14,16-18,20,22-60H2,1-2H3,(H,65,68)/b15-13-,21-19-. The van der Waals surface area contributed by atoms with E-state index < -0.39 is 12.1 Å². The van der Waals surface area contributed by atoms with Crippen LogP contribution in [0, 0.1) is 0 Å². The number of rotatable bonds is 59. The average Bonchev–Trinajstić information content (AvgIpc) is 3.36. The van der Waals surface area contributed by atoms with E-state index >= 15 is 0 Å². The zero-order chi connectivity index (χ0) is 50.7. The van der Waals surface area contributed by atoms with Crippen LogP contribution in [-0.4, -0.2) is 47.4 Å². The highest BCUT2D eigenvalue weighted by Crippen LogP contribution is 2.18. The molecule has 0 spiro atoms. The Bertz CT molecular complexity index is 1090. The van der Waals surface area contributed by atoms with Gasteiger partial charge in [-0.05, 0) is 57.8 Å². The van der Waals surface area contributed by atoms with Gasteiger partial charge < -0.3 is 20.3 Å². The van der Waals surface area contributed by atoms with Gasteiger partial charge in [-0.2, -0.15) is 0 Å². The van der Waals surface area contributed by atoms with Crippen molar-refractivity contribution in [3.63, 3.8) is 0 Å². The molecule has 70 heavy (non-hydrogen) atoms. The van der Waals surface area contributed by atoms with E-state index in [0.717, 1.165) is 51.4 Å². The molecule has 0 heterocycles. The molecule has 0 aliphatic heterocycles. The molecule has 6 nitrogen and oxygen atoms in total. The van der Waals surface area contributed by atoms with Crippen LogP contribution in [-0.2, 0) is 14.3 Å². The number of aliphatic hydroxyl groups is 2. The number of carbonyl (C=O) groups is 2. The molecule has 0 radical (unpaired) electrons. The third kappa shape index (κ3) is 55.7. The Morgan fingerprint density at radius 3 is 1.10 bits per heavy atom. The first-order chi connectivity index (χ1) is 34.5. The van der Waals surface area contributed by atoms with Crippen molar-refractivity contribution in [3.8, 4) is 0 Å². The normalized spacial score (nSPS) is 12.7. The van der Waals surface area contributed by atoms with Crippen LogP contribution in [0.15, 0.2) is 24.3 Å². The first-order valence-corrected chi connectivity index (χ1v) is 31.6. The first kappa shape index (κ1) is 68.3. The number of amides is 1. The first-order valence-electron chi connectivity index (χ1n) is 31.6. The van der Waals surface area contributed by atoms with Crippen molar-refractivity contribution in [1.82, 2.24) is 5.32 Å². The summed E-state index contributed by atoms with van der Waals surface area (Å²) in [6.45, 7) is 4.95. The van der Waals surface area contributed by atoms with Crippen LogP contribution < -0.4 is 5.32 Å². The summed E-state index contributed by atoms with van der Waals surface area (Å²) < 4.78 is 5.49. The zero-order valence-electron chi connectivity index (χ0n) is 47.3. The molecule has 0 bridgehead atoms. The van der Waals surface area contributed by atoms with Gasteiger partial charge in [0.25, 0.3) is 0 Å². The third-order valence-electron chi connectivity index (χ3n) is 14.8. The van der Waals surface area contributed by atoms with Gasteiger partial charge >= 0.3 is 5.97 Å². The highest BCUT2D eigenvalue weighted by atomic mass is 16.5. The Balaban J connectivity index is 3.39. The van der Waals surface area contributed by atoms with Crippen molar-refractivity contribution in [2.45, 2.75) is 360 Å². The number of esters is 1. The molecule has 0 fully saturated rings. The van der Waals surface area contributed by atoms with Crippen LogP contribution in [0.25, 0.3) is 0 Å². The van der Waals surface area contributed by atoms with E-state index in [4.69, 9.17) is 4.74 Å². The predicted octanol–water partition coefficient (Wildman–Crippen LogP) is 19.8. The van der Waals surface area contributed by atoms with Crippen LogP contribution >= 0.6 is 0 Å². The molecular formula is C64H123NO5. The van der Waals surface area contributed by atoms with E-state index in [1.165, 1.54) is 263 Å². The highest BCUT2D eigenvalue weighted by molar-refractivity contribution is 5.76. The SMILES string of the molecule is CCCCCC/C=C\C/C=C\CCCCCCCCCC(=O)OCCCCCCCCCCCCCCCCCCCCCC(=O)NC(CO)C(O)CCCCCCCCCCCCCCCCCC. The summed E-state index contributed by atoms with van der Waals surface area (Å²) in [6.07, 6.45) is 73.2. The summed E-state index contributed by atoms with van der Waals surface area (Å²) >= 11 is 0. The van der Waals surface area contributed by atoms with Crippen molar-refractivity contribution >= 4 is 11.9 Å². The minimum Gasteiger partial charge on any atom is -0.466 e. The average molecular weight is 987 g/mol. The second-order valence-corrected chi connectivity index (χ2v) is 21.7. The van der Waals surface area contributed by atoms with Gasteiger partial charge in [-0.1, -0.05) is 301 Å². The van der Waals surface area contributed by atoms with Crippen molar-refractivity contribution in [1.29, 1.82) is 0 Å². The number of allylic oxidation sites excluding steroid dienone is 4. The predicted molar refractivity (Wildman–Crippen MR) is 306 cm³/mol. The Kier molecular flexibility index (Phi) is 58.5. The quantitative estimate of drug-likeness (QED) is 0.0321. The van der Waals surface area contributed by atoms with Gasteiger partial charge in [0.2, 0.25) is 5.91 Å². The Morgan fingerprint density at radius 1 is 0.400 bits per heavy atom. The van der Waals surface area contributed by atoms with Crippen molar-refractivity contribution < 1.29 is 24.5 Å². The molecule has 3 N–H and O–H groups in total. The molecular weight excluding hydrogens is 863 g/mol. The molecule has 6 heteroatoms. The maximum atomic E-state index is 12.5. The van der Waals surface area contributed by atoms with Crippen LogP contribution in [0.5, 0.6) is 0 Å². The fraction of sp³-hybridized carbons (Fsp3) is 0.906. The Morgan fingerprint density at radius 2 is 0.714 bits per heavy atom. The Labute approximate surface area is 437 Å². The van der Waals surface area contributed by atoms with Crippen molar-refractivity contribution in [3.05, 3.63) is 24.3 Å². The van der Waals surface area contributed by atoms with E-state index in [2.05, 4.69) is 43.5 Å². The molecule has 2 atom stereocenters. The molecule has 0 aromatic carbocycles. The van der Waals surface area contributed by atoms with Gasteiger partial charge in [-0.25, -0.2) is 0 Å². The fourth-order valence-electron chi connectivity index (χ4n) is 9.91. The lowest BCUT2D eigenvalue weighted by Gasteiger charge is -2.22. The monoisotopic (exact) mass is 986 g/mol. The number of aliphatic hydroxyl groups excluding tert-OH is 2. The molecule has 0 aromatic rings. The maximum absolute atomic E-state index is 12.5. The Hall–Kier alpha value is -1.66. The lowest BCUT2D eigenvalue weighted by Crippen LogP contribution is -2.45. The molecule has 0 saturated carbocycles. The summed E-state index contributed by atoms with van der Waals surface area (Å²) in [5, 5.41) is 23.3. The van der Waals surface area contributed by atoms with Gasteiger partial charge in [0.05, 0.1) is 25.4 Å². The van der Waals surface area contributed by atoms with Gasteiger partial charge in [0, 0.05) is 12.8 Å². The van der Waals surface area contributed by atoms with Gasteiger partial charge in [-0.15, -0.1) is 0 Å². The van der Waals surface area contributed by atoms with Crippen LogP contribution in [0.2, 0.25) is 0 Å². The third-order valence-corrected chi connectivity index (χ3v) is 14.8. The smallest absolute Gasteiger partial charge is 0.305 e. The lowest BCUT2D eigenvalue weighted by molar-refractivity contribution is -0.143. The molecule has 0 aliphatic carbocycles. The van der Waals surface area contributed by atoms with Gasteiger partial charge in [0.15, 0.2) is 0 Å². The van der Waals surface area contributed by atoms with E-state index in [9.17, 15) is 19.8 Å². The second kappa shape index (κ2) is 59.9. The van der Waals surface area contributed by atoms with Crippen LogP contribution in [0.4, 0.5) is 0 Å². The van der Waals surface area contributed by atoms with Crippen molar-refractivity contribution in [2.75, 3.05) is 13.2 Å². The molecule has 1 amide bonds.